The Morgan fingerprint density at radius 2 is 1.53 bits per heavy atom. The first-order chi connectivity index (χ1) is 14.6. The average Bonchev–Trinajstić information content (AvgIpc) is 2.78. The van der Waals surface area contributed by atoms with Crippen LogP contribution in [0.25, 0.3) is 5.76 Å². The maximum atomic E-state index is 6.53. The summed E-state index contributed by atoms with van der Waals surface area (Å²) in [5.74, 6) is 3.32. The molecule has 0 saturated carbocycles. The molecule has 4 nitrogen and oxygen atoms in total. The molecular weight excluding hydrogens is 374 g/mol. The van der Waals surface area contributed by atoms with Gasteiger partial charge in [-0.3, -0.25) is 0 Å². The largest absolute Gasteiger partial charge is 0.493 e. The molecule has 3 aromatic rings. The number of hydrogen-bond donors (Lipinski definition) is 1. The van der Waals surface area contributed by atoms with Gasteiger partial charge >= 0.3 is 0 Å². The van der Waals surface area contributed by atoms with Gasteiger partial charge in [-0.2, -0.15) is 0 Å². The third-order valence-corrected chi connectivity index (χ3v) is 5.40. The fourth-order valence-corrected chi connectivity index (χ4v) is 4.12. The minimum atomic E-state index is 0.133. The SMILES string of the molecule is COc1ccc(C2=C(C[NH+](C)C)[C@@H](c3ccccc3)c3ccccc3O2)cc1OC. The Balaban J connectivity index is 1.95. The van der Waals surface area contributed by atoms with Gasteiger partial charge in [0.2, 0.25) is 0 Å². The van der Waals surface area contributed by atoms with Gasteiger partial charge in [0.25, 0.3) is 0 Å². The predicted molar refractivity (Wildman–Crippen MR) is 119 cm³/mol. The zero-order valence-electron chi connectivity index (χ0n) is 17.9. The van der Waals surface area contributed by atoms with E-state index in [-0.39, 0.29) is 5.92 Å². The predicted octanol–water partition coefficient (Wildman–Crippen LogP) is 3.78. The molecular formula is C26H28NO3+. The highest BCUT2D eigenvalue weighted by Gasteiger charge is 2.33. The van der Waals surface area contributed by atoms with E-state index in [1.54, 1.807) is 14.2 Å². The lowest BCUT2D eigenvalue weighted by Crippen LogP contribution is -3.06. The van der Waals surface area contributed by atoms with E-state index in [0.29, 0.717) is 11.5 Å². The van der Waals surface area contributed by atoms with Crippen molar-refractivity contribution in [1.29, 1.82) is 0 Å². The molecule has 1 heterocycles. The smallest absolute Gasteiger partial charge is 0.161 e. The highest BCUT2D eigenvalue weighted by molar-refractivity contribution is 5.73. The lowest BCUT2D eigenvalue weighted by Gasteiger charge is -2.32. The summed E-state index contributed by atoms with van der Waals surface area (Å²) < 4.78 is 17.5. The highest BCUT2D eigenvalue weighted by Crippen LogP contribution is 2.46. The first kappa shape index (κ1) is 20.0. The normalized spacial score (nSPS) is 15.6. The van der Waals surface area contributed by atoms with E-state index in [1.807, 2.05) is 30.3 Å². The number of ether oxygens (including phenoxy) is 3. The standard InChI is InChI=1S/C26H27NO3/c1-27(2)17-21-25(18-10-6-5-7-11-18)20-12-8-9-13-22(20)30-26(21)19-14-15-23(28-3)24(16-19)29-4/h5-16,25H,17H2,1-4H3/p+1/t25-/m0/s1. The molecule has 0 saturated heterocycles. The molecule has 0 amide bonds. The van der Waals surface area contributed by atoms with Crippen LogP contribution in [0.5, 0.6) is 17.2 Å². The molecule has 1 aliphatic heterocycles. The van der Waals surface area contributed by atoms with Crippen LogP contribution in [0.1, 0.15) is 22.6 Å². The van der Waals surface area contributed by atoms with Crippen molar-refractivity contribution in [3.05, 3.63) is 95.1 Å². The van der Waals surface area contributed by atoms with Crippen molar-refractivity contribution in [3.63, 3.8) is 0 Å². The van der Waals surface area contributed by atoms with Gasteiger partial charge in [-0.25, -0.2) is 0 Å². The molecule has 1 N–H and O–H groups in total. The summed E-state index contributed by atoms with van der Waals surface area (Å²) in [7, 11) is 7.64. The number of likely N-dealkylation sites (N-methyl/N-ethyl adjacent to an activating group) is 1. The molecule has 0 spiro atoms. The van der Waals surface area contributed by atoms with E-state index in [4.69, 9.17) is 14.2 Å². The van der Waals surface area contributed by atoms with E-state index in [0.717, 1.165) is 23.6 Å². The molecule has 1 aliphatic rings. The molecule has 154 valence electrons. The Labute approximate surface area is 178 Å². The van der Waals surface area contributed by atoms with Gasteiger partial charge in [0.05, 0.1) is 28.3 Å². The van der Waals surface area contributed by atoms with E-state index in [2.05, 4.69) is 56.6 Å². The Kier molecular flexibility index (Phi) is 5.77. The summed E-state index contributed by atoms with van der Waals surface area (Å²) in [6, 6.07) is 24.9. The van der Waals surface area contributed by atoms with Crippen LogP contribution in [0.2, 0.25) is 0 Å². The molecule has 0 bridgehead atoms. The summed E-state index contributed by atoms with van der Waals surface area (Å²) in [5, 5.41) is 0. The quantitative estimate of drug-likeness (QED) is 0.681. The van der Waals surface area contributed by atoms with Gasteiger partial charge in [-0.05, 0) is 29.8 Å². The van der Waals surface area contributed by atoms with Crippen LogP contribution in [-0.2, 0) is 0 Å². The van der Waals surface area contributed by atoms with Crippen LogP contribution >= 0.6 is 0 Å². The topological polar surface area (TPSA) is 32.1 Å². The fourth-order valence-electron chi connectivity index (χ4n) is 4.12. The minimum Gasteiger partial charge on any atom is -0.493 e. The third kappa shape index (κ3) is 3.79. The van der Waals surface area contributed by atoms with Crippen LogP contribution < -0.4 is 19.1 Å². The summed E-state index contributed by atoms with van der Waals surface area (Å²) in [6.45, 7) is 0.859. The minimum absolute atomic E-state index is 0.133. The Hall–Kier alpha value is -3.24. The molecule has 3 aromatic carbocycles. The molecule has 0 aliphatic carbocycles. The number of benzene rings is 3. The van der Waals surface area contributed by atoms with Gasteiger partial charge in [0.1, 0.15) is 18.1 Å². The molecule has 0 aromatic heterocycles. The summed E-state index contributed by atoms with van der Waals surface area (Å²) in [6.07, 6.45) is 0. The molecule has 4 heteroatoms. The number of fused-ring (bicyclic) bond motifs is 1. The van der Waals surface area contributed by atoms with Crippen molar-refractivity contribution in [1.82, 2.24) is 0 Å². The van der Waals surface area contributed by atoms with Crippen LogP contribution in [0.15, 0.2) is 78.4 Å². The van der Waals surface area contributed by atoms with Gasteiger partial charge in [0, 0.05) is 22.6 Å². The van der Waals surface area contributed by atoms with Gasteiger partial charge < -0.3 is 19.1 Å². The second-order valence-electron chi connectivity index (χ2n) is 7.79. The van der Waals surface area contributed by atoms with Crippen LogP contribution in [0.4, 0.5) is 0 Å². The molecule has 4 rings (SSSR count). The van der Waals surface area contributed by atoms with Crippen molar-refractivity contribution in [2.75, 3.05) is 34.9 Å². The van der Waals surface area contributed by atoms with E-state index >= 15 is 0 Å². The van der Waals surface area contributed by atoms with Crippen LogP contribution in [0.3, 0.4) is 0 Å². The zero-order valence-corrected chi connectivity index (χ0v) is 17.9. The number of nitrogens with one attached hydrogen (secondary N) is 1. The lowest BCUT2D eigenvalue weighted by atomic mass is 9.81. The van der Waals surface area contributed by atoms with Crippen LogP contribution in [-0.4, -0.2) is 34.9 Å². The number of rotatable bonds is 6. The number of quaternary nitrogens is 1. The summed E-state index contributed by atoms with van der Waals surface area (Å²) >= 11 is 0. The lowest BCUT2D eigenvalue weighted by molar-refractivity contribution is -0.853. The summed E-state index contributed by atoms with van der Waals surface area (Å²) in [4.78, 5) is 1.34. The second-order valence-corrected chi connectivity index (χ2v) is 7.79. The van der Waals surface area contributed by atoms with Gasteiger partial charge in [0.15, 0.2) is 11.5 Å². The molecule has 0 radical (unpaired) electrons. The maximum Gasteiger partial charge on any atom is 0.161 e. The zero-order chi connectivity index (χ0) is 21.1. The number of para-hydroxylation sites is 1. The van der Waals surface area contributed by atoms with E-state index in [9.17, 15) is 0 Å². The Morgan fingerprint density at radius 3 is 2.23 bits per heavy atom. The maximum absolute atomic E-state index is 6.53. The number of hydrogen-bond acceptors (Lipinski definition) is 3. The first-order valence-electron chi connectivity index (χ1n) is 10.2. The molecule has 0 unspecified atom stereocenters. The number of methoxy groups -OCH3 is 2. The fraction of sp³-hybridized carbons (Fsp3) is 0.231. The Bertz CT molecular complexity index is 1060. The molecule has 1 atom stereocenters. The van der Waals surface area contributed by atoms with E-state index < -0.39 is 0 Å². The van der Waals surface area contributed by atoms with Crippen molar-refractivity contribution in [2.24, 2.45) is 0 Å². The van der Waals surface area contributed by atoms with Crippen molar-refractivity contribution in [3.8, 4) is 17.2 Å². The summed E-state index contributed by atoms with van der Waals surface area (Å²) in [5.41, 5.74) is 4.71. The van der Waals surface area contributed by atoms with Gasteiger partial charge in [-0.1, -0.05) is 48.5 Å². The van der Waals surface area contributed by atoms with Crippen molar-refractivity contribution in [2.45, 2.75) is 5.92 Å². The van der Waals surface area contributed by atoms with Crippen molar-refractivity contribution < 1.29 is 19.1 Å². The van der Waals surface area contributed by atoms with Gasteiger partial charge in [-0.15, -0.1) is 0 Å². The molecule has 30 heavy (non-hydrogen) atoms. The average molecular weight is 403 g/mol. The monoisotopic (exact) mass is 402 g/mol. The molecule has 0 fully saturated rings. The Morgan fingerprint density at radius 1 is 0.833 bits per heavy atom. The highest BCUT2D eigenvalue weighted by atomic mass is 16.5. The van der Waals surface area contributed by atoms with E-state index in [1.165, 1.54) is 21.6 Å². The van der Waals surface area contributed by atoms with Crippen molar-refractivity contribution >= 4 is 5.76 Å². The third-order valence-electron chi connectivity index (χ3n) is 5.40. The van der Waals surface area contributed by atoms with Crippen LogP contribution in [0, 0.1) is 0 Å². The first-order valence-corrected chi connectivity index (χ1v) is 10.2. The second kappa shape index (κ2) is 8.64.